The number of benzene rings is 1. The number of aromatic carboxylic acids is 1. The first-order valence-electron chi connectivity index (χ1n) is 10.6. The normalized spacial score (nSPS) is 16.4. The number of aryl methyl sites for hydroxylation is 1. The third-order valence-electron chi connectivity index (χ3n) is 6.47. The molecular formula is C21H23FN6O4. The maximum atomic E-state index is 15.3. The molecule has 1 aromatic carbocycles. The Morgan fingerprint density at radius 3 is 2.84 bits per heavy atom. The Bertz CT molecular complexity index is 1260. The van der Waals surface area contributed by atoms with Gasteiger partial charge in [-0.15, -0.1) is 0 Å². The predicted molar refractivity (Wildman–Crippen MR) is 115 cm³/mol. The highest BCUT2D eigenvalue weighted by Gasteiger charge is 2.43. The number of pyridine rings is 1. The molecule has 0 bridgehead atoms. The van der Waals surface area contributed by atoms with Crippen LogP contribution in [0.4, 0.5) is 15.8 Å². The molecule has 0 atom stereocenters. The molecule has 3 heterocycles. The molecule has 11 heteroatoms. The van der Waals surface area contributed by atoms with Crippen LogP contribution in [0.15, 0.2) is 23.6 Å². The maximum Gasteiger partial charge on any atom is 0.341 e. The molecule has 3 aromatic rings. The summed E-state index contributed by atoms with van der Waals surface area (Å²) in [6.45, 7) is 1.26. The van der Waals surface area contributed by atoms with Crippen molar-refractivity contribution in [3.8, 4) is 5.75 Å². The molecule has 32 heavy (non-hydrogen) atoms. The number of hydrogen-bond donors (Lipinski definition) is 3. The van der Waals surface area contributed by atoms with Crippen LogP contribution in [0.2, 0.25) is 0 Å². The van der Waals surface area contributed by atoms with Gasteiger partial charge in [-0.2, -0.15) is 5.10 Å². The molecule has 1 aliphatic heterocycles. The van der Waals surface area contributed by atoms with Gasteiger partial charge in [-0.1, -0.05) is 12.8 Å². The lowest BCUT2D eigenvalue weighted by Crippen LogP contribution is -2.42. The number of halogens is 1. The predicted octanol–water partition coefficient (Wildman–Crippen LogP) is 2.18. The van der Waals surface area contributed by atoms with E-state index in [1.807, 2.05) is 0 Å². The van der Waals surface area contributed by atoms with E-state index in [1.54, 1.807) is 15.6 Å². The van der Waals surface area contributed by atoms with Crippen LogP contribution in [0.3, 0.4) is 0 Å². The summed E-state index contributed by atoms with van der Waals surface area (Å²) in [5.41, 5.74) is 4.43. The lowest BCUT2D eigenvalue weighted by Gasteiger charge is -2.39. The average molecular weight is 442 g/mol. The second-order valence-electron chi connectivity index (χ2n) is 8.36. The van der Waals surface area contributed by atoms with Crippen molar-refractivity contribution in [2.24, 2.45) is 0 Å². The van der Waals surface area contributed by atoms with Crippen LogP contribution in [-0.2, 0) is 12.1 Å². The zero-order chi connectivity index (χ0) is 22.5. The molecule has 0 unspecified atom stereocenters. The number of nitrogen functional groups attached to an aromatic ring is 1. The van der Waals surface area contributed by atoms with E-state index in [9.17, 15) is 14.7 Å². The minimum absolute atomic E-state index is 0.0812. The van der Waals surface area contributed by atoms with E-state index in [2.05, 4.69) is 15.4 Å². The van der Waals surface area contributed by atoms with Crippen molar-refractivity contribution in [3.05, 3.63) is 40.5 Å². The van der Waals surface area contributed by atoms with Gasteiger partial charge in [0.15, 0.2) is 11.6 Å². The van der Waals surface area contributed by atoms with Gasteiger partial charge < -0.3 is 25.5 Å². The third-order valence-corrected chi connectivity index (χ3v) is 6.47. The molecular weight excluding hydrogens is 419 g/mol. The number of carboxylic acids is 1. The standard InChI is InChI=1S/C21H23FN6O4/c22-14-15(23)13-17-19(16(14)25-6-3-7-27-11-24-10-26-27)32-9-21(4-1-2-5-21)28(17)8-12(18(13)29)20(30)31/h8,10-11,25H,1-7,9,23H2,(H,30,31). The Kier molecular flexibility index (Phi) is 4.75. The summed E-state index contributed by atoms with van der Waals surface area (Å²) in [7, 11) is 0. The van der Waals surface area contributed by atoms with Crippen LogP contribution in [0.1, 0.15) is 42.5 Å². The topological polar surface area (TPSA) is 137 Å². The van der Waals surface area contributed by atoms with Crippen molar-refractivity contribution in [2.45, 2.75) is 44.2 Å². The Labute approximate surface area is 181 Å². The Morgan fingerprint density at radius 2 is 2.16 bits per heavy atom. The van der Waals surface area contributed by atoms with Gasteiger partial charge in [-0.3, -0.25) is 9.48 Å². The van der Waals surface area contributed by atoms with Gasteiger partial charge in [0.1, 0.15) is 30.5 Å². The van der Waals surface area contributed by atoms with E-state index in [0.29, 0.717) is 25.0 Å². The number of fused-ring (bicyclic) bond motifs is 1. The van der Waals surface area contributed by atoms with E-state index in [1.165, 1.54) is 12.5 Å². The fourth-order valence-electron chi connectivity index (χ4n) is 4.87. The fraction of sp³-hybridized carbons (Fsp3) is 0.429. The molecule has 0 radical (unpaired) electrons. The number of carboxylic acid groups (broad SMARTS) is 1. The number of nitrogens with zero attached hydrogens (tertiary/aromatic N) is 4. The van der Waals surface area contributed by atoms with Gasteiger partial charge in [0, 0.05) is 19.3 Å². The summed E-state index contributed by atoms with van der Waals surface area (Å²) in [6, 6.07) is 0. The monoisotopic (exact) mass is 442 g/mol. The molecule has 10 nitrogen and oxygen atoms in total. The SMILES string of the molecule is Nc1c(F)c(NCCCn2cncn2)c2c3c1c(=O)c(C(=O)O)cn3C1(CCCC1)CO2. The first kappa shape index (κ1) is 20.3. The molecule has 0 saturated heterocycles. The number of carbonyl (C=O) groups is 1. The highest BCUT2D eigenvalue weighted by molar-refractivity contribution is 6.03. The highest BCUT2D eigenvalue weighted by Crippen LogP contribution is 2.48. The molecule has 0 amide bonds. The zero-order valence-corrected chi connectivity index (χ0v) is 17.3. The summed E-state index contributed by atoms with van der Waals surface area (Å²) in [4.78, 5) is 28.6. The third kappa shape index (κ3) is 2.99. The van der Waals surface area contributed by atoms with E-state index >= 15 is 4.39 Å². The lowest BCUT2D eigenvalue weighted by molar-refractivity contribution is 0.0692. The molecule has 2 aromatic heterocycles. The Morgan fingerprint density at radius 1 is 1.38 bits per heavy atom. The fourth-order valence-corrected chi connectivity index (χ4v) is 4.87. The van der Waals surface area contributed by atoms with Crippen LogP contribution in [0.5, 0.6) is 5.75 Å². The molecule has 1 fully saturated rings. The molecule has 1 aliphatic carbocycles. The second kappa shape index (κ2) is 7.50. The Balaban J connectivity index is 1.63. The van der Waals surface area contributed by atoms with E-state index in [-0.39, 0.29) is 29.1 Å². The number of hydrogen-bond acceptors (Lipinski definition) is 7. The highest BCUT2D eigenvalue weighted by atomic mass is 19.1. The first-order chi connectivity index (χ1) is 15.4. The largest absolute Gasteiger partial charge is 0.487 e. The van der Waals surface area contributed by atoms with E-state index in [0.717, 1.165) is 25.7 Å². The van der Waals surface area contributed by atoms with Crippen molar-refractivity contribution in [1.82, 2.24) is 19.3 Å². The summed E-state index contributed by atoms with van der Waals surface area (Å²) < 4.78 is 24.9. The van der Waals surface area contributed by atoms with Gasteiger partial charge in [0.05, 0.1) is 22.1 Å². The van der Waals surface area contributed by atoms with Crippen molar-refractivity contribution >= 4 is 28.2 Å². The van der Waals surface area contributed by atoms with Gasteiger partial charge in [-0.05, 0) is 19.3 Å². The first-order valence-corrected chi connectivity index (χ1v) is 10.6. The van der Waals surface area contributed by atoms with Crippen molar-refractivity contribution in [1.29, 1.82) is 0 Å². The van der Waals surface area contributed by atoms with Crippen LogP contribution < -0.4 is 21.2 Å². The molecule has 4 N–H and O–H groups in total. The van der Waals surface area contributed by atoms with Crippen LogP contribution >= 0.6 is 0 Å². The van der Waals surface area contributed by atoms with Crippen molar-refractivity contribution < 1.29 is 19.0 Å². The van der Waals surface area contributed by atoms with E-state index in [4.69, 9.17) is 10.5 Å². The lowest BCUT2D eigenvalue weighted by atomic mass is 9.93. The van der Waals surface area contributed by atoms with Gasteiger partial charge in [0.25, 0.3) is 0 Å². The minimum atomic E-state index is -1.36. The summed E-state index contributed by atoms with van der Waals surface area (Å²) >= 11 is 0. The minimum Gasteiger partial charge on any atom is -0.487 e. The van der Waals surface area contributed by atoms with Gasteiger partial charge in [-0.25, -0.2) is 14.2 Å². The summed E-state index contributed by atoms with van der Waals surface area (Å²) in [5.74, 6) is -1.99. The average Bonchev–Trinajstić information content (AvgIpc) is 3.46. The number of ether oxygens (including phenoxy) is 1. The van der Waals surface area contributed by atoms with Crippen LogP contribution in [0, 0.1) is 5.82 Å². The number of rotatable bonds is 6. The van der Waals surface area contributed by atoms with Crippen LogP contribution in [-0.4, -0.2) is 43.6 Å². The van der Waals surface area contributed by atoms with Gasteiger partial charge in [0.2, 0.25) is 5.43 Å². The summed E-state index contributed by atoms with van der Waals surface area (Å²) in [6.07, 6.45) is 8.52. The van der Waals surface area contributed by atoms with Gasteiger partial charge >= 0.3 is 5.97 Å². The zero-order valence-electron chi connectivity index (χ0n) is 17.3. The smallest absolute Gasteiger partial charge is 0.341 e. The molecule has 1 saturated carbocycles. The number of nitrogens with one attached hydrogen (secondary N) is 1. The maximum absolute atomic E-state index is 15.3. The number of aromatic nitrogens is 4. The molecule has 1 spiro atoms. The molecule has 2 aliphatic rings. The second-order valence-corrected chi connectivity index (χ2v) is 8.36. The van der Waals surface area contributed by atoms with Crippen molar-refractivity contribution in [2.75, 3.05) is 24.2 Å². The number of anilines is 2. The Hall–Kier alpha value is -3.63. The van der Waals surface area contributed by atoms with Crippen molar-refractivity contribution in [3.63, 3.8) is 0 Å². The van der Waals surface area contributed by atoms with Crippen LogP contribution in [0.25, 0.3) is 10.9 Å². The molecule has 168 valence electrons. The quantitative estimate of drug-likeness (QED) is 0.390. The summed E-state index contributed by atoms with van der Waals surface area (Å²) in [5, 5.41) is 16.5. The number of nitrogens with two attached hydrogens (primary N) is 1. The molecule has 5 rings (SSSR count). The van der Waals surface area contributed by atoms with E-state index < -0.39 is 28.3 Å².